The molecule has 0 aromatic carbocycles. The van der Waals surface area contributed by atoms with Crippen LogP contribution in [0.4, 0.5) is 0 Å². The number of nitrogens with two attached hydrogens (primary N) is 1. The number of hydrogen-bond donors (Lipinski definition) is 5. The number of primary amides is 1. The molecule has 0 rings (SSSR count). The van der Waals surface area contributed by atoms with Crippen molar-refractivity contribution in [3.05, 3.63) is 0 Å². The van der Waals surface area contributed by atoms with Gasteiger partial charge in [0.2, 0.25) is 11.8 Å². The third kappa shape index (κ3) is 26.8. The van der Waals surface area contributed by atoms with Crippen molar-refractivity contribution in [3.8, 4) is 0 Å². The second kappa shape index (κ2) is 25.1. The van der Waals surface area contributed by atoms with E-state index in [4.69, 9.17) is 5.73 Å². The summed E-state index contributed by atoms with van der Waals surface area (Å²) in [6, 6.07) is 0. The van der Waals surface area contributed by atoms with Crippen LogP contribution >= 0.6 is 0 Å². The fraction of sp³-hybridized carbons (Fsp3) is 0.917. The van der Waals surface area contributed by atoms with Crippen molar-refractivity contribution in [1.82, 2.24) is 21.3 Å². The first-order valence-corrected chi connectivity index (χ1v) is 12.8. The Labute approximate surface area is 191 Å². The third-order valence-electron chi connectivity index (χ3n) is 5.39. The highest BCUT2D eigenvalue weighted by atomic mass is 16.1. The minimum Gasteiger partial charge on any atom is -0.370 e. The molecule has 0 aliphatic heterocycles. The Morgan fingerprint density at radius 2 is 1.00 bits per heavy atom. The molecule has 0 saturated carbocycles. The van der Waals surface area contributed by atoms with E-state index in [9.17, 15) is 9.59 Å². The number of rotatable bonds is 25. The highest BCUT2D eigenvalue weighted by Crippen LogP contribution is 2.11. The Morgan fingerprint density at radius 3 is 1.55 bits per heavy atom. The average molecular weight is 442 g/mol. The molecule has 7 nitrogen and oxygen atoms in total. The average Bonchev–Trinajstić information content (AvgIpc) is 2.75. The van der Waals surface area contributed by atoms with Gasteiger partial charge in [0, 0.05) is 52.1 Å². The first-order valence-electron chi connectivity index (χ1n) is 12.8. The van der Waals surface area contributed by atoms with Gasteiger partial charge >= 0.3 is 0 Å². The zero-order chi connectivity index (χ0) is 22.8. The molecular weight excluding hydrogens is 390 g/mol. The number of unbranched alkanes of at least 4 members (excludes halogenated alkanes) is 11. The molecule has 0 spiro atoms. The number of carbonyl (C=O) groups excluding carboxylic acids is 2. The van der Waals surface area contributed by atoms with Crippen molar-refractivity contribution in [2.75, 3.05) is 45.8 Å². The first-order chi connectivity index (χ1) is 15.2. The predicted octanol–water partition coefficient (Wildman–Crippen LogP) is 2.84. The minimum atomic E-state index is -0.291. The highest BCUT2D eigenvalue weighted by molar-refractivity contribution is 5.76. The monoisotopic (exact) mass is 441 g/mol. The molecule has 0 fully saturated rings. The van der Waals surface area contributed by atoms with Gasteiger partial charge in [-0.1, -0.05) is 77.6 Å². The lowest BCUT2D eigenvalue weighted by Gasteiger charge is -2.08. The highest BCUT2D eigenvalue weighted by Gasteiger charge is 2.00. The zero-order valence-corrected chi connectivity index (χ0v) is 20.2. The molecule has 0 aliphatic rings. The van der Waals surface area contributed by atoms with E-state index in [1.165, 1.54) is 77.0 Å². The lowest BCUT2D eigenvalue weighted by molar-refractivity contribution is -0.121. The van der Waals surface area contributed by atoms with E-state index in [2.05, 4.69) is 28.2 Å². The second-order valence-corrected chi connectivity index (χ2v) is 8.46. The second-order valence-electron chi connectivity index (χ2n) is 8.46. The molecule has 2 amide bonds. The summed E-state index contributed by atoms with van der Waals surface area (Å²) >= 11 is 0. The van der Waals surface area contributed by atoms with Crippen molar-refractivity contribution in [2.24, 2.45) is 5.73 Å². The summed E-state index contributed by atoms with van der Waals surface area (Å²) in [5.41, 5.74) is 5.06. The van der Waals surface area contributed by atoms with Gasteiger partial charge in [-0.15, -0.1) is 0 Å². The largest absolute Gasteiger partial charge is 0.370 e. The molecule has 0 aliphatic carbocycles. The van der Waals surface area contributed by atoms with Crippen molar-refractivity contribution in [3.63, 3.8) is 0 Å². The maximum absolute atomic E-state index is 11.8. The minimum absolute atomic E-state index is 0.0846. The van der Waals surface area contributed by atoms with Crippen LogP contribution in [-0.2, 0) is 9.59 Å². The smallest absolute Gasteiger partial charge is 0.221 e. The van der Waals surface area contributed by atoms with E-state index in [1.807, 2.05) is 0 Å². The number of carbonyl (C=O) groups is 2. The standard InChI is InChI=1S/C24H51N5O2/c1-2-3-4-5-6-7-8-9-10-11-12-13-16-26-21-22-29-24(31)15-18-28-20-19-27-17-14-23(25)30/h26-28H,2-22H2,1H3,(H2,25,30)(H,29,31). The van der Waals surface area contributed by atoms with E-state index in [0.29, 0.717) is 32.5 Å². The fourth-order valence-electron chi connectivity index (χ4n) is 3.43. The number of hydrogen-bond acceptors (Lipinski definition) is 5. The van der Waals surface area contributed by atoms with E-state index >= 15 is 0 Å². The van der Waals surface area contributed by atoms with E-state index < -0.39 is 0 Å². The van der Waals surface area contributed by atoms with Gasteiger partial charge < -0.3 is 27.0 Å². The summed E-state index contributed by atoms with van der Waals surface area (Å²) in [6.07, 6.45) is 17.3. The summed E-state index contributed by atoms with van der Waals surface area (Å²) in [7, 11) is 0. The Balaban J connectivity index is 3.15. The Morgan fingerprint density at radius 1 is 0.548 bits per heavy atom. The molecule has 0 saturated heterocycles. The van der Waals surface area contributed by atoms with E-state index in [0.717, 1.165) is 26.2 Å². The lowest BCUT2D eigenvalue weighted by Crippen LogP contribution is -2.35. The maximum atomic E-state index is 11.8. The predicted molar refractivity (Wildman–Crippen MR) is 131 cm³/mol. The van der Waals surface area contributed by atoms with Crippen LogP contribution in [0.15, 0.2) is 0 Å². The van der Waals surface area contributed by atoms with E-state index in [1.54, 1.807) is 0 Å². The molecule has 7 heteroatoms. The van der Waals surface area contributed by atoms with Gasteiger partial charge in [0.1, 0.15) is 0 Å². The SMILES string of the molecule is CCCCCCCCCCCCCCNCCNC(=O)CCNCCNCCC(N)=O. The normalized spacial score (nSPS) is 11.0. The fourth-order valence-corrected chi connectivity index (χ4v) is 3.43. The van der Waals surface area contributed by atoms with Gasteiger partial charge in [0.15, 0.2) is 0 Å². The van der Waals surface area contributed by atoms with Gasteiger partial charge in [-0.05, 0) is 13.0 Å². The quantitative estimate of drug-likeness (QED) is 0.140. The molecule has 0 atom stereocenters. The van der Waals surface area contributed by atoms with Crippen LogP contribution in [0.3, 0.4) is 0 Å². The van der Waals surface area contributed by atoms with Crippen molar-refractivity contribution < 1.29 is 9.59 Å². The summed E-state index contributed by atoms with van der Waals surface area (Å²) in [5.74, 6) is -0.206. The van der Waals surface area contributed by atoms with E-state index in [-0.39, 0.29) is 11.8 Å². The number of nitrogens with one attached hydrogen (secondary N) is 4. The third-order valence-corrected chi connectivity index (χ3v) is 5.39. The van der Waals surface area contributed by atoms with Crippen LogP contribution < -0.4 is 27.0 Å². The molecule has 31 heavy (non-hydrogen) atoms. The molecule has 0 radical (unpaired) electrons. The van der Waals surface area contributed by atoms with Gasteiger partial charge in [-0.3, -0.25) is 9.59 Å². The number of amides is 2. The maximum Gasteiger partial charge on any atom is 0.221 e. The molecule has 0 unspecified atom stereocenters. The molecule has 0 bridgehead atoms. The topological polar surface area (TPSA) is 108 Å². The first kappa shape index (κ1) is 29.8. The molecule has 0 aromatic rings. The Hall–Kier alpha value is -1.18. The zero-order valence-electron chi connectivity index (χ0n) is 20.2. The van der Waals surface area contributed by atoms with Crippen LogP contribution in [0.25, 0.3) is 0 Å². The summed E-state index contributed by atoms with van der Waals surface area (Å²) < 4.78 is 0. The van der Waals surface area contributed by atoms with Crippen LogP contribution in [0.1, 0.15) is 96.8 Å². The molecule has 0 heterocycles. The Kier molecular flexibility index (Phi) is 24.1. The summed E-state index contributed by atoms with van der Waals surface area (Å²) in [4.78, 5) is 22.3. The lowest BCUT2D eigenvalue weighted by atomic mass is 10.1. The van der Waals surface area contributed by atoms with Gasteiger partial charge in [-0.2, -0.15) is 0 Å². The van der Waals surface area contributed by atoms with Crippen molar-refractivity contribution in [2.45, 2.75) is 96.8 Å². The molecule has 0 aromatic heterocycles. The van der Waals surface area contributed by atoms with Gasteiger partial charge in [0.25, 0.3) is 0 Å². The summed E-state index contributed by atoms with van der Waals surface area (Å²) in [6.45, 7) is 7.63. The molecular formula is C24H51N5O2. The molecule has 184 valence electrons. The van der Waals surface area contributed by atoms with Crippen LogP contribution in [-0.4, -0.2) is 57.6 Å². The van der Waals surface area contributed by atoms with Crippen LogP contribution in [0, 0.1) is 0 Å². The Bertz CT molecular complexity index is 407. The van der Waals surface area contributed by atoms with Crippen LogP contribution in [0.2, 0.25) is 0 Å². The van der Waals surface area contributed by atoms with Gasteiger partial charge in [0.05, 0.1) is 0 Å². The van der Waals surface area contributed by atoms with Crippen LogP contribution in [0.5, 0.6) is 0 Å². The summed E-state index contributed by atoms with van der Waals surface area (Å²) in [5, 5.41) is 12.7. The van der Waals surface area contributed by atoms with Gasteiger partial charge in [-0.25, -0.2) is 0 Å². The molecule has 6 N–H and O–H groups in total. The van der Waals surface area contributed by atoms with Crippen molar-refractivity contribution in [1.29, 1.82) is 0 Å². The van der Waals surface area contributed by atoms with Crippen molar-refractivity contribution >= 4 is 11.8 Å².